The number of halogens is 5. The molecule has 202 valence electrons. The molecule has 0 aromatic heterocycles. The molecule has 2 aromatic rings. The lowest BCUT2D eigenvalue weighted by Crippen LogP contribution is -2.52. The highest BCUT2D eigenvalue weighted by molar-refractivity contribution is 7.86. The van der Waals surface area contributed by atoms with Gasteiger partial charge in [0.05, 0.1) is 0 Å². The number of hydrogen-bond donors (Lipinski definition) is 1. The van der Waals surface area contributed by atoms with Crippen molar-refractivity contribution in [1.82, 2.24) is 0 Å². The minimum absolute atomic E-state index is 0.0398. The van der Waals surface area contributed by atoms with Gasteiger partial charge in [0.1, 0.15) is 12.4 Å². The van der Waals surface area contributed by atoms with Gasteiger partial charge in [0.2, 0.25) is 6.10 Å². The van der Waals surface area contributed by atoms with Crippen molar-refractivity contribution < 1.29 is 49.2 Å². The Morgan fingerprint density at radius 2 is 1.39 bits per heavy atom. The van der Waals surface area contributed by atoms with Gasteiger partial charge in [-0.05, 0) is 45.2 Å². The predicted octanol–water partition coefficient (Wildman–Crippen LogP) is 6.35. The topological polar surface area (TPSA) is 89.9 Å². The summed E-state index contributed by atoms with van der Waals surface area (Å²) in [6.07, 6.45) is -10.2. The number of ether oxygens (including phenoxy) is 2. The summed E-state index contributed by atoms with van der Waals surface area (Å²) in [7, 11) is -6.47. The maximum Gasteiger partial charge on any atom is 0.421 e. The van der Waals surface area contributed by atoms with Crippen LogP contribution in [0.1, 0.15) is 53.0 Å². The molecule has 12 heteroatoms. The number of fused-ring (bicyclic) bond motifs is 1. The van der Waals surface area contributed by atoms with E-state index in [9.17, 15) is 35.2 Å². The second kappa shape index (κ2) is 9.86. The fourth-order valence-corrected chi connectivity index (χ4v) is 5.09. The van der Waals surface area contributed by atoms with Crippen molar-refractivity contribution in [2.45, 2.75) is 65.0 Å². The van der Waals surface area contributed by atoms with E-state index in [1.54, 1.807) is 12.1 Å². The third kappa shape index (κ3) is 6.92. The summed E-state index contributed by atoms with van der Waals surface area (Å²) in [6, 6.07) is 10.2. The first kappa shape index (κ1) is 29.9. The summed E-state index contributed by atoms with van der Waals surface area (Å²) >= 11 is 0. The van der Waals surface area contributed by atoms with Gasteiger partial charge in [-0.2, -0.15) is 30.4 Å². The van der Waals surface area contributed by atoms with Crippen molar-refractivity contribution in [3.05, 3.63) is 42.0 Å². The van der Waals surface area contributed by atoms with Crippen LogP contribution < -0.4 is 4.74 Å². The average Bonchev–Trinajstić information content (AvgIpc) is 2.63. The zero-order valence-electron chi connectivity index (χ0n) is 20.6. The normalized spacial score (nSPS) is 14.8. The third-order valence-electron chi connectivity index (χ3n) is 5.45. The number of benzene rings is 2. The Bertz CT molecular complexity index is 1200. The van der Waals surface area contributed by atoms with E-state index in [2.05, 4.69) is 46.3 Å². The Hall–Kier alpha value is -2.31. The zero-order valence-corrected chi connectivity index (χ0v) is 21.4. The van der Waals surface area contributed by atoms with Crippen molar-refractivity contribution in [2.75, 3.05) is 6.61 Å². The molecular weight excluding hydrogens is 511 g/mol. The highest BCUT2D eigenvalue weighted by atomic mass is 32.2. The van der Waals surface area contributed by atoms with E-state index >= 15 is 0 Å². The Morgan fingerprint density at radius 3 is 1.86 bits per heavy atom. The molecule has 0 aliphatic carbocycles. The van der Waals surface area contributed by atoms with E-state index in [0.717, 1.165) is 10.9 Å². The molecule has 0 fully saturated rings. The van der Waals surface area contributed by atoms with Crippen molar-refractivity contribution in [2.24, 2.45) is 10.8 Å². The molecule has 0 bridgehead atoms. The van der Waals surface area contributed by atoms with Gasteiger partial charge in [-0.3, -0.25) is 4.55 Å². The fraction of sp³-hybridized carbons (Fsp3) is 0.542. The lowest BCUT2D eigenvalue weighted by Gasteiger charge is -2.41. The SMILES string of the molecule is CC(C)(C)C(c1ccc2cc(OC(=O)COC(C(F)(F)F)C(F)(F)S(=O)(=O)O)ccc2c1)C(C)(C)C. The second-order valence-electron chi connectivity index (χ2n) is 10.7. The van der Waals surface area contributed by atoms with Gasteiger partial charge in [0, 0.05) is 0 Å². The number of hydrogen-bond acceptors (Lipinski definition) is 5. The summed E-state index contributed by atoms with van der Waals surface area (Å²) in [4.78, 5) is 11.9. The van der Waals surface area contributed by atoms with Crippen LogP contribution in [-0.4, -0.2) is 43.1 Å². The van der Waals surface area contributed by atoms with Gasteiger partial charge in [-0.15, -0.1) is 0 Å². The lowest BCUT2D eigenvalue weighted by molar-refractivity contribution is -0.263. The Balaban J connectivity index is 2.22. The first-order valence-corrected chi connectivity index (χ1v) is 12.3. The van der Waals surface area contributed by atoms with Crippen molar-refractivity contribution in [3.63, 3.8) is 0 Å². The zero-order chi connectivity index (χ0) is 27.9. The molecule has 0 saturated heterocycles. The van der Waals surface area contributed by atoms with Crippen LogP contribution in [0.3, 0.4) is 0 Å². The number of alkyl halides is 5. The van der Waals surface area contributed by atoms with Gasteiger partial charge in [0.15, 0.2) is 0 Å². The molecule has 0 aliphatic heterocycles. The molecular formula is C24H29F5O6S. The molecule has 0 amide bonds. The smallest absolute Gasteiger partial charge is 0.421 e. The minimum Gasteiger partial charge on any atom is -0.425 e. The molecule has 0 aliphatic rings. The molecule has 0 saturated carbocycles. The monoisotopic (exact) mass is 540 g/mol. The fourth-order valence-electron chi connectivity index (χ4n) is 4.61. The average molecular weight is 541 g/mol. The first-order valence-electron chi connectivity index (χ1n) is 10.8. The van der Waals surface area contributed by atoms with Gasteiger partial charge in [-0.25, -0.2) is 4.79 Å². The third-order valence-corrected chi connectivity index (χ3v) is 6.35. The molecule has 0 radical (unpaired) electrons. The van der Waals surface area contributed by atoms with E-state index in [4.69, 9.17) is 9.29 Å². The maximum atomic E-state index is 13.5. The summed E-state index contributed by atoms with van der Waals surface area (Å²) in [6.45, 7) is 11.2. The van der Waals surface area contributed by atoms with Gasteiger partial charge in [-0.1, -0.05) is 65.8 Å². The van der Waals surface area contributed by atoms with Crippen molar-refractivity contribution in [3.8, 4) is 5.75 Å². The lowest BCUT2D eigenvalue weighted by atomic mass is 9.63. The first-order chi connectivity index (χ1) is 16.0. The maximum absolute atomic E-state index is 13.5. The van der Waals surface area contributed by atoms with Gasteiger partial charge in [0.25, 0.3) is 0 Å². The van der Waals surface area contributed by atoms with Gasteiger partial charge < -0.3 is 9.47 Å². The molecule has 6 nitrogen and oxygen atoms in total. The summed E-state index contributed by atoms with van der Waals surface area (Å²) < 4.78 is 104. The molecule has 0 heterocycles. The predicted molar refractivity (Wildman–Crippen MR) is 124 cm³/mol. The number of esters is 1. The number of rotatable bonds is 7. The van der Waals surface area contributed by atoms with Crippen LogP contribution in [0, 0.1) is 10.8 Å². The van der Waals surface area contributed by atoms with Crippen LogP contribution in [0.5, 0.6) is 5.75 Å². The molecule has 1 atom stereocenters. The van der Waals surface area contributed by atoms with E-state index in [-0.39, 0.29) is 22.5 Å². The minimum atomic E-state index is -6.47. The Kier molecular flexibility index (Phi) is 8.20. The molecule has 0 spiro atoms. The summed E-state index contributed by atoms with van der Waals surface area (Å²) in [5.74, 6) is -1.37. The molecule has 2 rings (SSSR count). The van der Waals surface area contributed by atoms with E-state index < -0.39 is 40.2 Å². The van der Waals surface area contributed by atoms with Crippen LogP contribution in [0.25, 0.3) is 10.8 Å². The number of carbonyl (C=O) groups excluding carboxylic acids is 1. The highest BCUT2D eigenvalue weighted by Gasteiger charge is 2.64. The van der Waals surface area contributed by atoms with Crippen LogP contribution in [0.2, 0.25) is 0 Å². The van der Waals surface area contributed by atoms with Crippen molar-refractivity contribution >= 4 is 26.9 Å². The largest absolute Gasteiger partial charge is 0.425 e. The van der Waals surface area contributed by atoms with E-state index in [1.165, 1.54) is 12.1 Å². The standard InChI is InChI=1S/C24H29F5O6S/c1-21(2,3)19(22(4,5)6)16-8-7-15-12-17(10-9-14(15)11-16)35-18(30)13-34-20(23(25,26)27)24(28,29)36(31,32)33/h7-12,19-20H,13H2,1-6H3,(H,31,32,33). The van der Waals surface area contributed by atoms with Crippen molar-refractivity contribution in [1.29, 1.82) is 0 Å². The summed E-state index contributed by atoms with van der Waals surface area (Å²) in [5, 5.41) is -4.27. The van der Waals surface area contributed by atoms with Crippen LogP contribution in [0.15, 0.2) is 36.4 Å². The molecule has 1 N–H and O–H groups in total. The van der Waals surface area contributed by atoms with Crippen LogP contribution in [0.4, 0.5) is 22.0 Å². The quantitative estimate of drug-likeness (QED) is 0.191. The molecule has 1 unspecified atom stereocenters. The Labute approximate surface area is 206 Å². The van der Waals surface area contributed by atoms with Crippen LogP contribution >= 0.6 is 0 Å². The molecule has 2 aromatic carbocycles. The van der Waals surface area contributed by atoms with E-state index in [0.29, 0.717) is 5.39 Å². The van der Waals surface area contributed by atoms with Crippen LogP contribution in [-0.2, 0) is 19.6 Å². The highest BCUT2D eigenvalue weighted by Crippen LogP contribution is 2.47. The Morgan fingerprint density at radius 1 is 0.889 bits per heavy atom. The number of carbonyl (C=O) groups is 1. The molecule has 36 heavy (non-hydrogen) atoms. The van der Waals surface area contributed by atoms with E-state index in [1.807, 2.05) is 12.1 Å². The van der Waals surface area contributed by atoms with Gasteiger partial charge >= 0.3 is 27.5 Å². The summed E-state index contributed by atoms with van der Waals surface area (Å²) in [5.41, 5.74) is 1.02. The second-order valence-corrected chi connectivity index (χ2v) is 12.2.